The van der Waals surface area contributed by atoms with E-state index in [2.05, 4.69) is 9.52 Å². The SMILES string of the molecule is CC(CO[P+](O)(O)O)OC(C)n1cc(Cl)c(C(N)=O)c1/N=C\N.CCF. The average Bonchev–Trinajstić information content (AvgIpc) is 2.82. The van der Waals surface area contributed by atoms with Crippen molar-refractivity contribution >= 4 is 37.8 Å². The third kappa shape index (κ3) is 8.37. The van der Waals surface area contributed by atoms with E-state index in [1.807, 2.05) is 0 Å². The molecule has 1 aromatic heterocycles. The minimum Gasteiger partial charge on any atom is -0.390 e. The van der Waals surface area contributed by atoms with Crippen LogP contribution < -0.4 is 11.5 Å². The number of nitrogens with two attached hydrogens (primary N) is 2. The number of halogens is 2. The van der Waals surface area contributed by atoms with Gasteiger partial charge in [0.15, 0.2) is 5.82 Å². The van der Waals surface area contributed by atoms with Gasteiger partial charge in [0, 0.05) is 6.20 Å². The van der Waals surface area contributed by atoms with Gasteiger partial charge in [0.1, 0.15) is 18.4 Å². The van der Waals surface area contributed by atoms with Crippen LogP contribution in [0.1, 0.15) is 37.4 Å². The zero-order valence-electron chi connectivity index (χ0n) is 14.5. The summed E-state index contributed by atoms with van der Waals surface area (Å²) >= 11 is 5.97. The molecule has 0 radical (unpaired) electrons. The molecule has 0 aliphatic heterocycles. The molecule has 0 aliphatic carbocycles. The first-order valence-electron chi connectivity index (χ1n) is 7.36. The van der Waals surface area contributed by atoms with Crippen LogP contribution >= 0.6 is 19.8 Å². The quantitative estimate of drug-likeness (QED) is 0.242. The van der Waals surface area contributed by atoms with E-state index in [0.717, 1.165) is 6.34 Å². The highest BCUT2D eigenvalue weighted by Crippen LogP contribution is 2.45. The molecule has 0 bridgehead atoms. The summed E-state index contributed by atoms with van der Waals surface area (Å²) in [5.41, 5.74) is 10.5. The van der Waals surface area contributed by atoms with Gasteiger partial charge in [-0.3, -0.25) is 9.18 Å². The summed E-state index contributed by atoms with van der Waals surface area (Å²) in [6, 6.07) is 0. The number of aromatic nitrogens is 1. The van der Waals surface area contributed by atoms with Crippen LogP contribution in [0.25, 0.3) is 0 Å². The van der Waals surface area contributed by atoms with E-state index in [0.29, 0.717) is 0 Å². The molecule has 1 amide bonds. The summed E-state index contributed by atoms with van der Waals surface area (Å²) in [4.78, 5) is 41.6. The maximum atomic E-state index is 11.5. The van der Waals surface area contributed by atoms with Crippen molar-refractivity contribution in [2.24, 2.45) is 16.5 Å². The highest BCUT2D eigenvalue weighted by atomic mass is 35.5. The number of hydrogen-bond donors (Lipinski definition) is 5. The largest absolute Gasteiger partial charge is 0.567 e. The number of aliphatic imine (C=N–C) groups is 1. The second kappa shape index (κ2) is 11.4. The second-order valence-corrected chi connectivity index (χ2v) is 6.54. The molecule has 0 fully saturated rings. The first-order chi connectivity index (χ1) is 12.0. The molecular formula is C13H24ClFN4O6P+. The van der Waals surface area contributed by atoms with E-state index >= 15 is 0 Å². The van der Waals surface area contributed by atoms with Gasteiger partial charge in [-0.15, -0.1) is 0 Å². The van der Waals surface area contributed by atoms with E-state index in [-0.39, 0.29) is 29.7 Å². The van der Waals surface area contributed by atoms with Crippen molar-refractivity contribution in [2.45, 2.75) is 33.1 Å². The molecule has 7 N–H and O–H groups in total. The molecule has 0 aliphatic rings. The monoisotopic (exact) mass is 417 g/mol. The Morgan fingerprint density at radius 2 is 2.04 bits per heavy atom. The van der Waals surface area contributed by atoms with Crippen molar-refractivity contribution in [1.29, 1.82) is 0 Å². The lowest BCUT2D eigenvalue weighted by atomic mass is 10.3. The molecule has 0 saturated carbocycles. The lowest BCUT2D eigenvalue weighted by Crippen LogP contribution is -2.21. The summed E-state index contributed by atoms with van der Waals surface area (Å²) in [6.45, 7) is 4.15. The van der Waals surface area contributed by atoms with Gasteiger partial charge in [-0.1, -0.05) is 11.6 Å². The van der Waals surface area contributed by atoms with E-state index in [1.54, 1.807) is 13.8 Å². The fraction of sp³-hybridized carbons (Fsp3) is 0.538. The highest BCUT2D eigenvalue weighted by molar-refractivity contribution is 7.53. The third-order valence-electron chi connectivity index (χ3n) is 2.71. The Labute approximate surface area is 155 Å². The molecule has 26 heavy (non-hydrogen) atoms. The molecule has 0 aromatic carbocycles. The van der Waals surface area contributed by atoms with Gasteiger partial charge in [0.2, 0.25) is 0 Å². The van der Waals surface area contributed by atoms with E-state index < -0.39 is 26.4 Å². The smallest absolute Gasteiger partial charge is 0.390 e. The Bertz CT molecular complexity index is 610. The first-order valence-corrected chi connectivity index (χ1v) is 9.30. The zero-order valence-corrected chi connectivity index (χ0v) is 16.2. The fourth-order valence-electron chi connectivity index (χ4n) is 1.84. The molecule has 2 unspecified atom stereocenters. The number of hydrogen-bond acceptors (Lipinski definition) is 7. The van der Waals surface area contributed by atoms with Crippen LogP contribution in [0, 0.1) is 0 Å². The number of rotatable bonds is 8. The summed E-state index contributed by atoms with van der Waals surface area (Å²) in [5.74, 6) is -0.646. The van der Waals surface area contributed by atoms with Gasteiger partial charge in [0.25, 0.3) is 5.91 Å². The van der Waals surface area contributed by atoms with E-state index in [9.17, 15) is 9.18 Å². The Kier molecular flexibility index (Phi) is 10.8. The van der Waals surface area contributed by atoms with Crippen LogP contribution in [-0.2, 0) is 9.26 Å². The topological polar surface area (TPSA) is 166 Å². The minimum atomic E-state index is -4.33. The van der Waals surface area contributed by atoms with E-state index in [1.165, 1.54) is 17.7 Å². The van der Waals surface area contributed by atoms with Crippen LogP contribution in [0.5, 0.6) is 0 Å². The zero-order chi connectivity index (χ0) is 20.5. The first kappa shape index (κ1) is 24.7. The van der Waals surface area contributed by atoms with Crippen molar-refractivity contribution in [1.82, 2.24) is 4.57 Å². The molecule has 10 nitrogen and oxygen atoms in total. The Balaban J connectivity index is 0.00000194. The van der Waals surface area contributed by atoms with E-state index in [4.69, 9.17) is 42.5 Å². The highest BCUT2D eigenvalue weighted by Gasteiger charge is 2.34. The third-order valence-corrected chi connectivity index (χ3v) is 3.49. The molecule has 1 heterocycles. The lowest BCUT2D eigenvalue weighted by Gasteiger charge is -2.21. The molecule has 0 spiro atoms. The number of alkyl halides is 1. The maximum absolute atomic E-state index is 11.5. The van der Waals surface area contributed by atoms with Gasteiger partial charge in [-0.2, -0.15) is 19.2 Å². The summed E-state index contributed by atoms with van der Waals surface area (Å²) in [7, 11) is -4.33. The molecule has 150 valence electrons. The van der Waals surface area contributed by atoms with Crippen LogP contribution in [0.3, 0.4) is 0 Å². The van der Waals surface area contributed by atoms with Crippen molar-refractivity contribution in [2.75, 3.05) is 13.3 Å². The molecule has 2 atom stereocenters. The summed E-state index contributed by atoms with van der Waals surface area (Å²) in [6.07, 6.45) is 1.10. The number of carbonyl (C=O) groups excluding carboxylic acids is 1. The van der Waals surface area contributed by atoms with Crippen molar-refractivity contribution in [3.63, 3.8) is 0 Å². The number of carbonyl (C=O) groups is 1. The van der Waals surface area contributed by atoms with Crippen molar-refractivity contribution in [3.8, 4) is 0 Å². The van der Waals surface area contributed by atoms with Gasteiger partial charge in [-0.05, 0) is 20.8 Å². The number of primary amides is 1. The predicted molar refractivity (Wildman–Crippen MR) is 96.7 cm³/mol. The normalized spacial score (nSPS) is 14.0. The standard InChI is InChI=1S/C11H18ClN4O6P.C2H5F/c1-6(4-21-23(18,19)20)22-7(2)16-3-8(12)9(10(14)17)11(16)15-5-13;1-2-3/h3,5-7,18-20H,4H2,1-2H3,(H3-,13,14,15,17);2H2,1H3/p+1. The molecule has 1 rings (SSSR count). The Hall–Kier alpha value is -1.33. The van der Waals surface area contributed by atoms with Crippen LogP contribution in [0.4, 0.5) is 10.2 Å². The maximum Gasteiger partial charge on any atom is 0.567 e. The van der Waals surface area contributed by atoms with Crippen LogP contribution in [-0.4, -0.2) is 50.9 Å². The Morgan fingerprint density at radius 3 is 2.46 bits per heavy atom. The fourth-order valence-corrected chi connectivity index (χ4v) is 2.53. The number of ether oxygens (including phenoxy) is 1. The summed E-state index contributed by atoms with van der Waals surface area (Å²) in [5, 5.41) is 0.0865. The molecule has 13 heteroatoms. The minimum absolute atomic E-state index is 0.00117. The number of nitrogens with zero attached hydrogens (tertiary/aromatic N) is 2. The second-order valence-electron chi connectivity index (χ2n) is 4.85. The van der Waals surface area contributed by atoms with Gasteiger partial charge < -0.3 is 20.8 Å². The lowest BCUT2D eigenvalue weighted by molar-refractivity contribution is -0.0562. The van der Waals surface area contributed by atoms with Gasteiger partial charge >= 0.3 is 8.17 Å². The molecule has 1 aromatic rings. The van der Waals surface area contributed by atoms with Crippen molar-refractivity contribution < 1.29 is 33.1 Å². The summed E-state index contributed by atoms with van der Waals surface area (Å²) < 4.78 is 21.8. The van der Waals surface area contributed by atoms with Crippen LogP contribution in [0.15, 0.2) is 11.2 Å². The average molecular weight is 418 g/mol. The molecule has 0 saturated heterocycles. The van der Waals surface area contributed by atoms with Gasteiger partial charge in [0.05, 0.1) is 24.1 Å². The number of amides is 1. The van der Waals surface area contributed by atoms with Gasteiger partial charge in [-0.25, -0.2) is 4.99 Å². The van der Waals surface area contributed by atoms with Crippen LogP contribution in [0.2, 0.25) is 5.02 Å². The Morgan fingerprint density at radius 1 is 1.50 bits per heavy atom. The predicted octanol–water partition coefficient (Wildman–Crippen LogP) is 1.43. The molecular weight excluding hydrogens is 394 g/mol. The van der Waals surface area contributed by atoms with Crippen molar-refractivity contribution in [3.05, 3.63) is 16.8 Å².